The van der Waals surface area contributed by atoms with E-state index in [1.54, 1.807) is 33.7 Å². The number of carbonyl (C=O) groups is 1. The van der Waals surface area contributed by atoms with Gasteiger partial charge in [0.05, 0.1) is 22.6 Å². The Morgan fingerprint density at radius 1 is 0.946 bits per heavy atom. The van der Waals surface area contributed by atoms with Gasteiger partial charge in [0.15, 0.2) is 0 Å². The van der Waals surface area contributed by atoms with E-state index in [1.807, 2.05) is 67.6 Å². The van der Waals surface area contributed by atoms with Gasteiger partial charge in [0.1, 0.15) is 11.6 Å². The Hall–Kier alpha value is -4.10. The molecule has 5 nitrogen and oxygen atoms in total. The minimum absolute atomic E-state index is 0.223. The summed E-state index contributed by atoms with van der Waals surface area (Å²) in [6.07, 6.45) is 0. The fourth-order valence-corrected chi connectivity index (χ4v) is 4.63. The zero-order valence-corrected chi connectivity index (χ0v) is 21.6. The van der Waals surface area contributed by atoms with Crippen molar-refractivity contribution in [1.82, 2.24) is 14.5 Å². The number of carbonyl (C=O) groups excluding carboxylic acids is 1. The van der Waals surface area contributed by atoms with Crippen molar-refractivity contribution < 1.29 is 9.18 Å². The van der Waals surface area contributed by atoms with Crippen LogP contribution in [0, 0.1) is 5.82 Å². The summed E-state index contributed by atoms with van der Waals surface area (Å²) in [6, 6.07) is 29.1. The van der Waals surface area contributed by atoms with E-state index in [9.17, 15) is 14.0 Å². The first-order chi connectivity index (χ1) is 17.9. The summed E-state index contributed by atoms with van der Waals surface area (Å²) in [7, 11) is 0. The Labute approximate surface area is 222 Å². The maximum atomic E-state index is 14.1. The molecule has 184 valence electrons. The molecule has 5 aromatic rings. The van der Waals surface area contributed by atoms with Crippen molar-refractivity contribution in [3.63, 3.8) is 0 Å². The second-order valence-electron chi connectivity index (χ2n) is 8.71. The van der Waals surface area contributed by atoms with Crippen LogP contribution in [-0.4, -0.2) is 20.4 Å². The van der Waals surface area contributed by atoms with Gasteiger partial charge in [0.25, 0.3) is 11.5 Å². The highest BCUT2D eigenvalue weighted by Crippen LogP contribution is 2.27. The van der Waals surface area contributed by atoms with Crippen LogP contribution in [0.1, 0.15) is 34.7 Å². The lowest BCUT2D eigenvalue weighted by Gasteiger charge is -2.31. The van der Waals surface area contributed by atoms with Crippen LogP contribution in [0.15, 0.2) is 112 Å². The van der Waals surface area contributed by atoms with Crippen molar-refractivity contribution in [2.75, 3.05) is 0 Å². The molecule has 7 heteroatoms. The molecule has 0 spiro atoms. The predicted octanol–water partition coefficient (Wildman–Crippen LogP) is 6.69. The monoisotopic (exact) mass is 555 g/mol. The molecule has 1 unspecified atom stereocenters. The molecule has 1 atom stereocenters. The van der Waals surface area contributed by atoms with E-state index in [-0.39, 0.29) is 23.6 Å². The second-order valence-corrected chi connectivity index (χ2v) is 9.62. The van der Waals surface area contributed by atoms with Gasteiger partial charge in [-0.05, 0) is 67.1 Å². The summed E-state index contributed by atoms with van der Waals surface area (Å²) in [4.78, 5) is 34.1. The normalized spacial score (nSPS) is 11.9. The van der Waals surface area contributed by atoms with Crippen LogP contribution in [0.4, 0.5) is 4.39 Å². The van der Waals surface area contributed by atoms with Crippen molar-refractivity contribution in [1.29, 1.82) is 0 Å². The Bertz CT molecular complexity index is 1640. The van der Waals surface area contributed by atoms with Gasteiger partial charge in [-0.1, -0.05) is 64.5 Å². The number of aromatic nitrogens is 2. The largest absolute Gasteiger partial charge is 0.324 e. The molecule has 0 aliphatic rings. The summed E-state index contributed by atoms with van der Waals surface area (Å²) >= 11 is 3.45. The van der Waals surface area contributed by atoms with Crippen LogP contribution in [0.5, 0.6) is 0 Å². The van der Waals surface area contributed by atoms with Gasteiger partial charge in [0, 0.05) is 16.6 Å². The van der Waals surface area contributed by atoms with Gasteiger partial charge in [-0.2, -0.15) is 0 Å². The third-order valence-corrected chi connectivity index (χ3v) is 6.78. The fraction of sp³-hybridized carbons (Fsp3) is 0.100. The van der Waals surface area contributed by atoms with Gasteiger partial charge in [0.2, 0.25) is 0 Å². The summed E-state index contributed by atoms with van der Waals surface area (Å²) in [5.41, 5.74) is 2.07. The molecule has 0 fully saturated rings. The Morgan fingerprint density at radius 2 is 1.65 bits per heavy atom. The lowest BCUT2D eigenvalue weighted by atomic mass is 10.1. The zero-order valence-electron chi connectivity index (χ0n) is 20.0. The minimum atomic E-state index is -0.628. The van der Waals surface area contributed by atoms with Gasteiger partial charge in [-0.15, -0.1) is 0 Å². The third kappa shape index (κ3) is 5.08. The lowest BCUT2D eigenvalue weighted by molar-refractivity contribution is 0.0663. The molecule has 1 aromatic heterocycles. The minimum Gasteiger partial charge on any atom is -0.324 e. The van der Waals surface area contributed by atoms with Gasteiger partial charge in [-0.25, -0.2) is 9.37 Å². The highest BCUT2D eigenvalue weighted by Gasteiger charge is 2.28. The summed E-state index contributed by atoms with van der Waals surface area (Å²) < 4.78 is 16.5. The molecular formula is C30H23BrFN3O2. The second kappa shape index (κ2) is 10.5. The maximum Gasteiger partial charge on any atom is 0.266 e. The SMILES string of the molecule is CC(c1nc2ccccc2c(=O)n1-c1ccc(Br)cc1)N(Cc1ccccc1)C(=O)c1cccc(F)c1. The standard InChI is InChI=1S/C30H23BrFN3O2/c1-20(34(19-21-8-3-2-4-9-21)29(36)22-10-7-11-24(32)18-22)28-33-27-13-6-5-12-26(27)30(37)35(28)25-16-14-23(31)15-17-25/h2-18,20H,19H2,1H3. The van der Waals surface area contributed by atoms with Crippen molar-refractivity contribution in [2.45, 2.75) is 19.5 Å². The molecule has 0 aliphatic heterocycles. The Kier molecular flexibility index (Phi) is 6.97. The number of hydrogen-bond donors (Lipinski definition) is 0. The maximum absolute atomic E-state index is 14.1. The smallest absolute Gasteiger partial charge is 0.266 e. The van der Waals surface area contributed by atoms with Crippen LogP contribution >= 0.6 is 15.9 Å². The Balaban J connectivity index is 1.70. The van der Waals surface area contributed by atoms with E-state index in [0.29, 0.717) is 22.4 Å². The predicted molar refractivity (Wildman–Crippen MR) is 146 cm³/mol. The molecule has 0 radical (unpaired) electrons. The molecular weight excluding hydrogens is 533 g/mol. The first kappa shape index (κ1) is 24.6. The van der Waals surface area contributed by atoms with Crippen molar-refractivity contribution in [2.24, 2.45) is 0 Å². The number of hydrogen-bond acceptors (Lipinski definition) is 3. The van der Waals surface area contributed by atoms with Crippen LogP contribution in [0.25, 0.3) is 16.6 Å². The molecule has 1 amide bonds. The topological polar surface area (TPSA) is 55.2 Å². The summed E-state index contributed by atoms with van der Waals surface area (Å²) in [6.45, 7) is 2.09. The molecule has 37 heavy (non-hydrogen) atoms. The zero-order chi connectivity index (χ0) is 25.9. The fourth-order valence-electron chi connectivity index (χ4n) is 4.36. The van der Waals surface area contributed by atoms with Crippen LogP contribution in [-0.2, 0) is 6.54 Å². The van der Waals surface area contributed by atoms with E-state index in [1.165, 1.54) is 18.2 Å². The van der Waals surface area contributed by atoms with E-state index in [2.05, 4.69) is 15.9 Å². The average molecular weight is 556 g/mol. The van der Waals surface area contributed by atoms with Gasteiger partial charge >= 0.3 is 0 Å². The van der Waals surface area contributed by atoms with E-state index < -0.39 is 11.9 Å². The van der Waals surface area contributed by atoms with Crippen LogP contribution < -0.4 is 5.56 Å². The molecule has 0 N–H and O–H groups in total. The van der Waals surface area contributed by atoms with E-state index in [0.717, 1.165) is 10.0 Å². The quantitative estimate of drug-likeness (QED) is 0.234. The Morgan fingerprint density at radius 3 is 2.38 bits per heavy atom. The third-order valence-electron chi connectivity index (χ3n) is 6.26. The molecule has 0 saturated carbocycles. The highest BCUT2D eigenvalue weighted by molar-refractivity contribution is 9.10. The summed E-state index contributed by atoms with van der Waals surface area (Å²) in [5.74, 6) is -0.443. The molecule has 0 saturated heterocycles. The van der Waals surface area contributed by atoms with Gasteiger partial charge < -0.3 is 4.90 Å². The molecule has 1 heterocycles. The highest BCUT2D eigenvalue weighted by atomic mass is 79.9. The summed E-state index contributed by atoms with van der Waals surface area (Å²) in [5, 5.41) is 0.479. The number of fused-ring (bicyclic) bond motifs is 1. The number of rotatable bonds is 6. The first-order valence-corrected chi connectivity index (χ1v) is 12.6. The van der Waals surface area contributed by atoms with Crippen LogP contribution in [0.3, 0.4) is 0 Å². The number of para-hydroxylation sites is 1. The number of halogens is 2. The van der Waals surface area contributed by atoms with Gasteiger partial charge in [-0.3, -0.25) is 14.2 Å². The average Bonchev–Trinajstić information content (AvgIpc) is 2.92. The lowest BCUT2D eigenvalue weighted by Crippen LogP contribution is -2.37. The molecule has 5 rings (SSSR count). The van der Waals surface area contributed by atoms with Crippen molar-refractivity contribution >= 4 is 32.7 Å². The van der Waals surface area contributed by atoms with E-state index >= 15 is 0 Å². The molecule has 0 aliphatic carbocycles. The number of benzene rings is 4. The first-order valence-electron chi connectivity index (χ1n) is 11.8. The van der Waals surface area contributed by atoms with Crippen molar-refractivity contribution in [3.05, 3.63) is 141 Å². The van der Waals surface area contributed by atoms with Crippen molar-refractivity contribution in [3.8, 4) is 5.69 Å². The van der Waals surface area contributed by atoms with Crippen LogP contribution in [0.2, 0.25) is 0 Å². The number of nitrogens with zero attached hydrogens (tertiary/aromatic N) is 3. The molecule has 4 aromatic carbocycles. The van der Waals surface area contributed by atoms with E-state index in [4.69, 9.17) is 4.98 Å². The number of amides is 1. The molecule has 0 bridgehead atoms.